The van der Waals surface area contributed by atoms with E-state index in [1.54, 1.807) is 43.3 Å². The number of rotatable bonds is 5. The molecule has 35 heavy (non-hydrogen) atoms. The molecule has 1 fully saturated rings. The first-order chi connectivity index (χ1) is 16.9. The van der Waals surface area contributed by atoms with E-state index in [-0.39, 0.29) is 17.0 Å². The number of aliphatic hydroxyl groups excluding tert-OH is 1. The second-order valence-corrected chi connectivity index (χ2v) is 7.96. The first kappa shape index (κ1) is 22.1. The van der Waals surface area contributed by atoms with Gasteiger partial charge in [0.1, 0.15) is 28.8 Å². The van der Waals surface area contributed by atoms with Gasteiger partial charge in [0.15, 0.2) is 5.82 Å². The van der Waals surface area contributed by atoms with Crippen LogP contribution in [0.4, 0.5) is 10.2 Å². The lowest BCUT2D eigenvalue weighted by Gasteiger charge is -2.23. The van der Waals surface area contributed by atoms with E-state index in [9.17, 15) is 19.1 Å². The van der Waals surface area contributed by atoms with Gasteiger partial charge in [0, 0.05) is 11.6 Å². The van der Waals surface area contributed by atoms with Crippen LogP contribution in [0, 0.1) is 12.7 Å². The van der Waals surface area contributed by atoms with Crippen LogP contribution in [0.15, 0.2) is 95.0 Å². The predicted octanol–water partition coefficient (Wildman–Crippen LogP) is 5.54. The molecule has 1 saturated heterocycles. The molecule has 174 valence electrons. The number of hydrogen-bond donors (Lipinski definition) is 1. The van der Waals surface area contributed by atoms with Crippen LogP contribution in [0.2, 0.25) is 0 Å². The zero-order valence-corrected chi connectivity index (χ0v) is 18.5. The average molecular weight is 470 g/mol. The molecule has 0 unspecified atom stereocenters. The summed E-state index contributed by atoms with van der Waals surface area (Å²) < 4.78 is 24.5. The Labute approximate surface area is 199 Å². The first-order valence-electron chi connectivity index (χ1n) is 10.8. The summed E-state index contributed by atoms with van der Waals surface area (Å²) in [7, 11) is 0. The molecule has 0 radical (unpaired) electrons. The van der Waals surface area contributed by atoms with Gasteiger partial charge in [-0.15, -0.1) is 0 Å². The molecule has 8 heteroatoms. The molecule has 3 aromatic carbocycles. The molecular weight excluding hydrogens is 451 g/mol. The normalized spacial score (nSPS) is 17.1. The van der Waals surface area contributed by atoms with Crippen molar-refractivity contribution < 1.29 is 28.3 Å². The highest BCUT2D eigenvalue weighted by Gasteiger charge is 2.48. The summed E-state index contributed by atoms with van der Waals surface area (Å²) in [6.45, 7) is 1.66. The van der Waals surface area contributed by atoms with Crippen molar-refractivity contribution >= 4 is 23.3 Å². The van der Waals surface area contributed by atoms with Gasteiger partial charge in [-0.05, 0) is 61.0 Å². The van der Waals surface area contributed by atoms with Gasteiger partial charge in [-0.2, -0.15) is 0 Å². The standard InChI is InChI=1S/C27H19FN2O5/c1-16-14-22(29-35-16)30-24(18-6-5-9-21(15-18)34-20-7-3-2-4-8-20)23(26(32)27(30)33)25(31)17-10-12-19(28)13-11-17/h2-15,24,31H,1H3/t24-/m0/s1. The quantitative estimate of drug-likeness (QED) is 0.234. The highest BCUT2D eigenvalue weighted by Crippen LogP contribution is 2.42. The number of aliphatic hydroxyl groups is 1. The Morgan fingerprint density at radius 3 is 2.37 bits per heavy atom. The van der Waals surface area contributed by atoms with Crippen LogP contribution in [0.5, 0.6) is 11.5 Å². The third-order valence-electron chi connectivity index (χ3n) is 5.58. The van der Waals surface area contributed by atoms with Crippen LogP contribution in [0.25, 0.3) is 5.76 Å². The molecule has 7 nitrogen and oxygen atoms in total. The molecular formula is C27H19FN2O5. The number of ketones is 1. The SMILES string of the molecule is Cc1cc(N2C(=O)C(=O)C(=C(O)c3ccc(F)cc3)[C@@H]2c2cccc(Oc3ccccc3)c2)no1. The maximum Gasteiger partial charge on any atom is 0.301 e. The Morgan fingerprint density at radius 1 is 0.971 bits per heavy atom. The van der Waals surface area contributed by atoms with Crippen molar-refractivity contribution in [3.8, 4) is 11.5 Å². The van der Waals surface area contributed by atoms with Gasteiger partial charge < -0.3 is 14.4 Å². The number of carbonyl (C=O) groups excluding carboxylic acids is 2. The summed E-state index contributed by atoms with van der Waals surface area (Å²) in [4.78, 5) is 27.5. The van der Waals surface area contributed by atoms with Crippen LogP contribution in [-0.4, -0.2) is 22.0 Å². The van der Waals surface area contributed by atoms with E-state index in [4.69, 9.17) is 9.26 Å². The molecule has 0 aliphatic carbocycles. The number of Topliss-reactive ketones (excluding diaryl/α,β-unsaturated/α-hetero) is 1. The van der Waals surface area contributed by atoms with Crippen molar-refractivity contribution in [1.82, 2.24) is 5.16 Å². The van der Waals surface area contributed by atoms with E-state index in [1.807, 2.05) is 18.2 Å². The van der Waals surface area contributed by atoms with Crippen molar-refractivity contribution in [2.45, 2.75) is 13.0 Å². The lowest BCUT2D eigenvalue weighted by atomic mass is 9.95. The van der Waals surface area contributed by atoms with E-state index in [0.717, 1.165) is 12.1 Å². The van der Waals surface area contributed by atoms with E-state index < -0.39 is 29.3 Å². The number of nitrogens with zero attached hydrogens (tertiary/aromatic N) is 2. The van der Waals surface area contributed by atoms with Crippen LogP contribution in [0.3, 0.4) is 0 Å². The topological polar surface area (TPSA) is 92.9 Å². The second-order valence-electron chi connectivity index (χ2n) is 7.96. The van der Waals surface area contributed by atoms with Crippen molar-refractivity contribution in [2.24, 2.45) is 0 Å². The number of aromatic nitrogens is 1. The lowest BCUT2D eigenvalue weighted by Crippen LogP contribution is -2.29. The van der Waals surface area contributed by atoms with Crippen LogP contribution >= 0.6 is 0 Å². The molecule has 1 N–H and O–H groups in total. The minimum Gasteiger partial charge on any atom is -0.507 e. The average Bonchev–Trinajstić information content (AvgIpc) is 3.40. The predicted molar refractivity (Wildman–Crippen MR) is 125 cm³/mol. The summed E-state index contributed by atoms with van der Waals surface area (Å²) in [5.41, 5.74) is 0.545. The van der Waals surface area contributed by atoms with E-state index in [1.165, 1.54) is 23.1 Å². The highest BCUT2D eigenvalue weighted by atomic mass is 19.1. The minimum atomic E-state index is -1.02. The van der Waals surface area contributed by atoms with E-state index in [2.05, 4.69) is 5.16 Å². The van der Waals surface area contributed by atoms with E-state index in [0.29, 0.717) is 22.8 Å². The zero-order valence-electron chi connectivity index (χ0n) is 18.5. The maximum absolute atomic E-state index is 13.5. The summed E-state index contributed by atoms with van der Waals surface area (Å²) in [6.07, 6.45) is 0. The van der Waals surface area contributed by atoms with Gasteiger partial charge in [-0.1, -0.05) is 35.5 Å². The van der Waals surface area contributed by atoms with E-state index >= 15 is 0 Å². The van der Waals surface area contributed by atoms with Gasteiger partial charge in [0.2, 0.25) is 0 Å². The Balaban J connectivity index is 1.65. The molecule has 5 rings (SSSR count). The molecule has 2 heterocycles. The molecule has 0 bridgehead atoms. The lowest BCUT2D eigenvalue weighted by molar-refractivity contribution is -0.132. The third kappa shape index (κ3) is 4.17. The Bertz CT molecular complexity index is 1440. The number of carbonyl (C=O) groups is 2. The molecule has 1 aromatic heterocycles. The molecule has 1 atom stereocenters. The summed E-state index contributed by atoms with van der Waals surface area (Å²) >= 11 is 0. The van der Waals surface area contributed by atoms with Crippen molar-refractivity contribution in [3.05, 3.63) is 113 Å². The molecule has 1 amide bonds. The van der Waals surface area contributed by atoms with Gasteiger partial charge >= 0.3 is 5.91 Å². The zero-order chi connectivity index (χ0) is 24.5. The number of aryl methyl sites for hydroxylation is 1. The highest BCUT2D eigenvalue weighted by molar-refractivity contribution is 6.51. The fourth-order valence-electron chi connectivity index (χ4n) is 3.99. The van der Waals surface area contributed by atoms with Crippen LogP contribution in [0.1, 0.15) is 22.9 Å². The largest absolute Gasteiger partial charge is 0.507 e. The van der Waals surface area contributed by atoms with Gasteiger partial charge in [0.05, 0.1) is 11.6 Å². The number of halogens is 1. The fourth-order valence-corrected chi connectivity index (χ4v) is 3.99. The van der Waals surface area contributed by atoms with Gasteiger partial charge in [-0.3, -0.25) is 14.5 Å². The summed E-state index contributed by atoms with van der Waals surface area (Å²) in [5.74, 6) is -1.04. The second kappa shape index (κ2) is 8.90. The smallest absolute Gasteiger partial charge is 0.301 e. The molecule has 1 aliphatic heterocycles. The number of benzene rings is 3. The minimum absolute atomic E-state index is 0.127. The Hall–Kier alpha value is -4.72. The number of ether oxygens (including phenoxy) is 1. The van der Waals surface area contributed by atoms with Crippen LogP contribution in [-0.2, 0) is 9.59 Å². The first-order valence-corrected chi connectivity index (χ1v) is 10.8. The fraction of sp³-hybridized carbons (Fsp3) is 0.0741. The number of anilines is 1. The maximum atomic E-state index is 13.5. The Morgan fingerprint density at radius 2 is 1.69 bits per heavy atom. The molecule has 1 aliphatic rings. The molecule has 0 saturated carbocycles. The van der Waals surface area contributed by atoms with Crippen molar-refractivity contribution in [3.63, 3.8) is 0 Å². The van der Waals surface area contributed by atoms with Gasteiger partial charge in [-0.25, -0.2) is 4.39 Å². The van der Waals surface area contributed by atoms with Crippen LogP contribution < -0.4 is 9.64 Å². The summed E-state index contributed by atoms with van der Waals surface area (Å²) in [5, 5.41) is 15.0. The third-order valence-corrected chi connectivity index (χ3v) is 5.58. The summed E-state index contributed by atoms with van der Waals surface area (Å²) in [6, 6.07) is 21.5. The van der Waals surface area contributed by atoms with Crippen molar-refractivity contribution in [2.75, 3.05) is 4.90 Å². The van der Waals surface area contributed by atoms with Crippen molar-refractivity contribution in [1.29, 1.82) is 0 Å². The monoisotopic (exact) mass is 470 g/mol. The molecule has 4 aromatic rings. The number of para-hydroxylation sites is 1. The number of amides is 1. The Kier molecular flexibility index (Phi) is 5.62. The number of hydrogen-bond acceptors (Lipinski definition) is 6. The molecule has 0 spiro atoms. The van der Waals surface area contributed by atoms with Gasteiger partial charge in [0.25, 0.3) is 5.78 Å².